The Morgan fingerprint density at radius 2 is 2.00 bits per heavy atom. The minimum absolute atomic E-state index is 0.0232. The lowest BCUT2D eigenvalue weighted by Gasteiger charge is -2.14. The highest BCUT2D eigenvalue weighted by Gasteiger charge is 2.10. The molecular formula is C17H25ClN2O2. The van der Waals surface area contributed by atoms with Gasteiger partial charge in [-0.05, 0) is 31.5 Å². The van der Waals surface area contributed by atoms with Crippen LogP contribution in [0.2, 0.25) is 5.02 Å². The number of benzene rings is 1. The number of unbranched alkanes of at least 4 members (excludes halogenated alkanes) is 3. The molecule has 0 spiro atoms. The van der Waals surface area contributed by atoms with Gasteiger partial charge in [-0.25, -0.2) is 0 Å². The summed E-state index contributed by atoms with van der Waals surface area (Å²) in [4.78, 5) is 23.7. The number of hydrogen-bond acceptors (Lipinski definition) is 2. The van der Waals surface area contributed by atoms with Crippen LogP contribution < -0.4 is 10.6 Å². The molecule has 0 aliphatic carbocycles. The minimum Gasteiger partial charge on any atom is -0.352 e. The molecule has 2 N–H and O–H groups in total. The first-order valence-electron chi connectivity index (χ1n) is 7.86. The summed E-state index contributed by atoms with van der Waals surface area (Å²) in [7, 11) is 0. The SMILES string of the molecule is CCCCCCC(C)NC(=O)CNC(=O)c1cccc(Cl)c1. The Hall–Kier alpha value is -1.55. The fourth-order valence-electron chi connectivity index (χ4n) is 2.17. The van der Waals surface area contributed by atoms with Crippen molar-refractivity contribution < 1.29 is 9.59 Å². The van der Waals surface area contributed by atoms with Crippen LogP contribution in [0.25, 0.3) is 0 Å². The Morgan fingerprint density at radius 1 is 1.23 bits per heavy atom. The molecule has 122 valence electrons. The zero-order chi connectivity index (χ0) is 16.4. The van der Waals surface area contributed by atoms with Crippen LogP contribution in [0.4, 0.5) is 0 Å². The molecule has 0 saturated heterocycles. The van der Waals surface area contributed by atoms with Crippen LogP contribution in [0.3, 0.4) is 0 Å². The molecule has 2 amide bonds. The lowest BCUT2D eigenvalue weighted by molar-refractivity contribution is -0.120. The van der Waals surface area contributed by atoms with Crippen molar-refractivity contribution in [2.45, 2.75) is 52.0 Å². The van der Waals surface area contributed by atoms with Crippen molar-refractivity contribution in [3.8, 4) is 0 Å². The third kappa shape index (κ3) is 7.46. The lowest BCUT2D eigenvalue weighted by atomic mass is 10.1. The molecule has 0 saturated carbocycles. The molecule has 1 aromatic carbocycles. The van der Waals surface area contributed by atoms with Crippen molar-refractivity contribution in [3.63, 3.8) is 0 Å². The van der Waals surface area contributed by atoms with Gasteiger partial charge in [0.1, 0.15) is 0 Å². The number of nitrogens with one attached hydrogen (secondary N) is 2. The smallest absolute Gasteiger partial charge is 0.251 e. The maximum Gasteiger partial charge on any atom is 0.251 e. The van der Waals surface area contributed by atoms with E-state index in [1.807, 2.05) is 6.92 Å². The van der Waals surface area contributed by atoms with E-state index in [0.29, 0.717) is 10.6 Å². The second-order valence-corrected chi connectivity index (χ2v) is 5.95. The molecule has 0 radical (unpaired) electrons. The standard InChI is InChI=1S/C17H25ClN2O2/c1-3-4-5-6-8-13(2)20-16(21)12-19-17(22)14-9-7-10-15(18)11-14/h7,9-11,13H,3-6,8,12H2,1-2H3,(H,19,22)(H,20,21). The van der Waals surface area contributed by atoms with E-state index in [-0.39, 0.29) is 24.4 Å². The molecule has 0 fully saturated rings. The minimum atomic E-state index is -0.298. The van der Waals surface area contributed by atoms with Crippen molar-refractivity contribution in [2.75, 3.05) is 6.54 Å². The Balaban J connectivity index is 2.26. The topological polar surface area (TPSA) is 58.2 Å². The molecule has 0 aromatic heterocycles. The van der Waals surface area contributed by atoms with E-state index in [1.54, 1.807) is 24.3 Å². The highest BCUT2D eigenvalue weighted by Crippen LogP contribution is 2.10. The van der Waals surface area contributed by atoms with Crippen LogP contribution >= 0.6 is 11.6 Å². The summed E-state index contributed by atoms with van der Waals surface area (Å²) in [5.74, 6) is -0.466. The molecule has 1 rings (SSSR count). The Bertz CT molecular complexity index is 491. The highest BCUT2D eigenvalue weighted by atomic mass is 35.5. The summed E-state index contributed by atoms with van der Waals surface area (Å²) in [6, 6.07) is 6.77. The molecule has 4 nitrogen and oxygen atoms in total. The second kappa shape index (κ2) is 10.2. The van der Waals surface area contributed by atoms with E-state index in [2.05, 4.69) is 17.6 Å². The zero-order valence-corrected chi connectivity index (χ0v) is 14.1. The normalized spacial score (nSPS) is 11.8. The van der Waals surface area contributed by atoms with E-state index < -0.39 is 0 Å². The van der Waals surface area contributed by atoms with Gasteiger partial charge in [-0.3, -0.25) is 9.59 Å². The van der Waals surface area contributed by atoms with Crippen LogP contribution in [0, 0.1) is 0 Å². The summed E-state index contributed by atoms with van der Waals surface area (Å²) in [6.45, 7) is 4.14. The predicted octanol–water partition coefficient (Wildman–Crippen LogP) is 3.54. The maximum atomic E-state index is 11.9. The van der Waals surface area contributed by atoms with Gasteiger partial charge < -0.3 is 10.6 Å². The molecule has 0 bridgehead atoms. The third-order valence-corrected chi connectivity index (χ3v) is 3.63. The van der Waals surface area contributed by atoms with Gasteiger partial charge >= 0.3 is 0 Å². The van der Waals surface area contributed by atoms with Gasteiger partial charge in [-0.1, -0.05) is 50.3 Å². The average molecular weight is 325 g/mol. The largest absolute Gasteiger partial charge is 0.352 e. The number of carbonyl (C=O) groups is 2. The van der Waals surface area contributed by atoms with Crippen molar-refractivity contribution in [1.82, 2.24) is 10.6 Å². The lowest BCUT2D eigenvalue weighted by Crippen LogP contribution is -2.40. The average Bonchev–Trinajstić information content (AvgIpc) is 2.49. The van der Waals surface area contributed by atoms with Crippen LogP contribution in [0.5, 0.6) is 0 Å². The van der Waals surface area contributed by atoms with Crippen molar-refractivity contribution >= 4 is 23.4 Å². The van der Waals surface area contributed by atoms with Gasteiger partial charge in [0.15, 0.2) is 0 Å². The molecule has 5 heteroatoms. The molecule has 0 heterocycles. The quantitative estimate of drug-likeness (QED) is 0.682. The fraction of sp³-hybridized carbons (Fsp3) is 0.529. The molecule has 1 aromatic rings. The number of rotatable bonds is 9. The first kappa shape index (κ1) is 18.5. The molecule has 1 atom stereocenters. The number of halogens is 1. The molecule has 1 unspecified atom stereocenters. The summed E-state index contributed by atoms with van der Waals surface area (Å²) in [6.07, 6.45) is 5.72. The van der Waals surface area contributed by atoms with Crippen LogP contribution in [-0.2, 0) is 4.79 Å². The van der Waals surface area contributed by atoms with Gasteiger partial charge in [0.25, 0.3) is 5.91 Å². The second-order valence-electron chi connectivity index (χ2n) is 5.51. The molecule has 22 heavy (non-hydrogen) atoms. The van der Waals surface area contributed by atoms with E-state index in [9.17, 15) is 9.59 Å². The molecule has 0 aliphatic heterocycles. The highest BCUT2D eigenvalue weighted by molar-refractivity contribution is 6.30. The summed E-state index contributed by atoms with van der Waals surface area (Å²) >= 11 is 5.83. The monoisotopic (exact) mass is 324 g/mol. The van der Waals surface area contributed by atoms with Crippen molar-refractivity contribution in [1.29, 1.82) is 0 Å². The fourth-order valence-corrected chi connectivity index (χ4v) is 2.36. The van der Waals surface area contributed by atoms with E-state index in [1.165, 1.54) is 19.3 Å². The van der Waals surface area contributed by atoms with Gasteiger partial charge in [0.05, 0.1) is 6.54 Å². The van der Waals surface area contributed by atoms with E-state index >= 15 is 0 Å². The van der Waals surface area contributed by atoms with Crippen LogP contribution in [-0.4, -0.2) is 24.4 Å². The summed E-state index contributed by atoms with van der Waals surface area (Å²) < 4.78 is 0. The summed E-state index contributed by atoms with van der Waals surface area (Å²) in [5, 5.41) is 5.99. The van der Waals surface area contributed by atoms with Crippen LogP contribution in [0.1, 0.15) is 56.3 Å². The number of hydrogen-bond donors (Lipinski definition) is 2. The molecule has 0 aliphatic rings. The van der Waals surface area contributed by atoms with Gasteiger partial charge in [-0.15, -0.1) is 0 Å². The Labute approximate surface area is 137 Å². The Morgan fingerprint density at radius 3 is 2.68 bits per heavy atom. The zero-order valence-electron chi connectivity index (χ0n) is 13.3. The first-order chi connectivity index (χ1) is 10.5. The van der Waals surface area contributed by atoms with Gasteiger partial charge in [0, 0.05) is 16.6 Å². The van der Waals surface area contributed by atoms with Crippen LogP contribution in [0.15, 0.2) is 24.3 Å². The number of amides is 2. The van der Waals surface area contributed by atoms with Gasteiger partial charge in [0.2, 0.25) is 5.91 Å². The third-order valence-electron chi connectivity index (χ3n) is 3.39. The van der Waals surface area contributed by atoms with E-state index in [4.69, 9.17) is 11.6 Å². The maximum absolute atomic E-state index is 11.9. The van der Waals surface area contributed by atoms with Crippen molar-refractivity contribution in [2.24, 2.45) is 0 Å². The first-order valence-corrected chi connectivity index (χ1v) is 8.24. The molecular weight excluding hydrogens is 300 g/mol. The number of carbonyl (C=O) groups excluding carboxylic acids is 2. The predicted molar refractivity (Wildman–Crippen MR) is 90.1 cm³/mol. The Kier molecular flexibility index (Phi) is 8.60. The summed E-state index contributed by atoms with van der Waals surface area (Å²) in [5.41, 5.74) is 0.452. The van der Waals surface area contributed by atoms with Gasteiger partial charge in [-0.2, -0.15) is 0 Å². The van der Waals surface area contributed by atoms with E-state index in [0.717, 1.165) is 12.8 Å². The van der Waals surface area contributed by atoms with Crippen molar-refractivity contribution in [3.05, 3.63) is 34.9 Å².